The number of hydrogen-bond donors (Lipinski definition) is 3. The van der Waals surface area contributed by atoms with Crippen molar-refractivity contribution in [2.45, 2.75) is 25.8 Å². The fourth-order valence-corrected chi connectivity index (χ4v) is 1.86. The molecule has 0 aliphatic rings. The van der Waals surface area contributed by atoms with E-state index in [0.29, 0.717) is 15.7 Å². The Morgan fingerprint density at radius 2 is 1.79 bits per heavy atom. The van der Waals surface area contributed by atoms with Crippen molar-refractivity contribution < 1.29 is 14.7 Å². The highest BCUT2D eigenvalue weighted by atomic mass is 35.5. The first-order valence-electron chi connectivity index (χ1n) is 5.55. The molecule has 1 aromatic rings. The van der Waals surface area contributed by atoms with E-state index in [0.717, 1.165) is 0 Å². The Morgan fingerprint density at radius 3 is 2.21 bits per heavy atom. The number of hydrogen-bond acceptors (Lipinski definition) is 2. The summed E-state index contributed by atoms with van der Waals surface area (Å²) in [6.07, 6.45) is 0.256. The molecule has 0 spiro atoms. The van der Waals surface area contributed by atoms with Crippen LogP contribution in [0.3, 0.4) is 0 Å². The second-order valence-corrected chi connectivity index (χ2v) is 5.10. The number of benzene rings is 1. The van der Waals surface area contributed by atoms with Crippen molar-refractivity contribution in [2.75, 3.05) is 5.32 Å². The van der Waals surface area contributed by atoms with Crippen LogP contribution in [0.4, 0.5) is 10.5 Å². The quantitative estimate of drug-likeness (QED) is 0.798. The standard InChI is InChI=1S/C12H14Cl2N2O3/c1-3-12(2,10(17)18)16-11(19)15-9-5-7(13)4-8(14)6-9/h4-6H,3H2,1-2H3,(H,17,18)(H2,15,16,19). The Labute approximate surface area is 120 Å². The van der Waals surface area contributed by atoms with Gasteiger partial charge in [0, 0.05) is 15.7 Å². The Balaban J connectivity index is 2.77. The van der Waals surface area contributed by atoms with Gasteiger partial charge in [-0.25, -0.2) is 9.59 Å². The summed E-state index contributed by atoms with van der Waals surface area (Å²) in [4.78, 5) is 22.8. The van der Waals surface area contributed by atoms with E-state index < -0.39 is 17.5 Å². The van der Waals surface area contributed by atoms with Crippen LogP contribution in [0.5, 0.6) is 0 Å². The van der Waals surface area contributed by atoms with Gasteiger partial charge < -0.3 is 15.7 Å². The normalized spacial score (nSPS) is 13.5. The lowest BCUT2D eigenvalue weighted by atomic mass is 10.00. The molecule has 1 aromatic carbocycles. The zero-order valence-electron chi connectivity index (χ0n) is 10.5. The highest BCUT2D eigenvalue weighted by Crippen LogP contribution is 2.22. The second kappa shape index (κ2) is 6.12. The van der Waals surface area contributed by atoms with Crippen molar-refractivity contribution in [3.8, 4) is 0 Å². The van der Waals surface area contributed by atoms with Gasteiger partial charge >= 0.3 is 12.0 Å². The molecule has 0 radical (unpaired) electrons. The largest absolute Gasteiger partial charge is 0.480 e. The fraction of sp³-hybridized carbons (Fsp3) is 0.333. The molecule has 0 aliphatic carbocycles. The highest BCUT2D eigenvalue weighted by molar-refractivity contribution is 6.35. The van der Waals surface area contributed by atoms with Gasteiger partial charge in [0.15, 0.2) is 0 Å². The first-order valence-corrected chi connectivity index (χ1v) is 6.31. The van der Waals surface area contributed by atoms with Gasteiger partial charge in [0.05, 0.1) is 0 Å². The number of amides is 2. The van der Waals surface area contributed by atoms with Gasteiger partial charge in [-0.15, -0.1) is 0 Å². The third-order valence-corrected chi connectivity index (χ3v) is 3.13. The van der Waals surface area contributed by atoms with Crippen LogP contribution in [0.25, 0.3) is 0 Å². The molecule has 0 saturated heterocycles. The SMILES string of the molecule is CCC(C)(NC(=O)Nc1cc(Cl)cc(Cl)c1)C(=O)O. The first-order chi connectivity index (χ1) is 8.76. The van der Waals surface area contributed by atoms with Crippen molar-refractivity contribution in [1.82, 2.24) is 5.32 Å². The number of carboxylic acids is 1. The molecule has 0 saturated carbocycles. The molecular weight excluding hydrogens is 291 g/mol. The van der Waals surface area contributed by atoms with Gasteiger partial charge in [-0.1, -0.05) is 30.1 Å². The minimum Gasteiger partial charge on any atom is -0.480 e. The third kappa shape index (κ3) is 4.29. The summed E-state index contributed by atoms with van der Waals surface area (Å²) in [6, 6.07) is 3.92. The smallest absolute Gasteiger partial charge is 0.329 e. The lowest BCUT2D eigenvalue weighted by Crippen LogP contribution is -2.53. The lowest BCUT2D eigenvalue weighted by molar-refractivity contribution is -0.143. The lowest BCUT2D eigenvalue weighted by Gasteiger charge is -2.24. The average Bonchev–Trinajstić information content (AvgIpc) is 2.26. The summed E-state index contributed by atoms with van der Waals surface area (Å²) in [5, 5.41) is 14.7. The number of carboxylic acid groups (broad SMARTS) is 1. The molecule has 0 aromatic heterocycles. The van der Waals surface area contributed by atoms with Crippen LogP contribution >= 0.6 is 23.2 Å². The molecule has 0 bridgehead atoms. The maximum atomic E-state index is 11.7. The molecule has 7 heteroatoms. The Bertz CT molecular complexity index is 487. The zero-order chi connectivity index (χ0) is 14.6. The Hall–Kier alpha value is -1.46. The molecule has 0 aliphatic heterocycles. The molecule has 3 N–H and O–H groups in total. The minimum absolute atomic E-state index is 0.256. The first kappa shape index (κ1) is 15.6. The molecule has 1 rings (SSSR count). The van der Waals surface area contributed by atoms with Crippen LogP contribution in [0.1, 0.15) is 20.3 Å². The van der Waals surface area contributed by atoms with E-state index in [1.54, 1.807) is 6.92 Å². The van der Waals surface area contributed by atoms with Gasteiger partial charge in [-0.05, 0) is 31.5 Å². The molecule has 5 nitrogen and oxygen atoms in total. The number of nitrogens with one attached hydrogen (secondary N) is 2. The second-order valence-electron chi connectivity index (χ2n) is 4.23. The van der Waals surface area contributed by atoms with Crippen LogP contribution in [-0.2, 0) is 4.79 Å². The fourth-order valence-electron chi connectivity index (χ4n) is 1.33. The van der Waals surface area contributed by atoms with Crippen molar-refractivity contribution in [3.05, 3.63) is 28.2 Å². The molecule has 2 amide bonds. The predicted octanol–water partition coefficient (Wildman–Crippen LogP) is 3.37. The molecule has 0 fully saturated rings. The number of aliphatic carboxylic acids is 1. The van der Waals surface area contributed by atoms with E-state index in [2.05, 4.69) is 10.6 Å². The van der Waals surface area contributed by atoms with Crippen molar-refractivity contribution >= 4 is 40.9 Å². The van der Waals surface area contributed by atoms with Gasteiger partial charge in [0.2, 0.25) is 0 Å². The van der Waals surface area contributed by atoms with Crippen LogP contribution < -0.4 is 10.6 Å². The summed E-state index contributed by atoms with van der Waals surface area (Å²) < 4.78 is 0. The van der Waals surface area contributed by atoms with E-state index in [1.165, 1.54) is 25.1 Å². The van der Waals surface area contributed by atoms with Crippen LogP contribution in [-0.4, -0.2) is 22.6 Å². The number of halogens is 2. The molecule has 0 heterocycles. The summed E-state index contributed by atoms with van der Waals surface area (Å²) in [5.74, 6) is -1.10. The molecule has 19 heavy (non-hydrogen) atoms. The number of rotatable bonds is 4. The van der Waals surface area contributed by atoms with Crippen molar-refractivity contribution in [3.63, 3.8) is 0 Å². The number of anilines is 1. The van der Waals surface area contributed by atoms with E-state index in [4.69, 9.17) is 28.3 Å². The predicted molar refractivity (Wildman–Crippen MR) is 74.9 cm³/mol. The molecule has 104 valence electrons. The van der Waals surface area contributed by atoms with E-state index in [1.807, 2.05) is 0 Å². The third-order valence-electron chi connectivity index (χ3n) is 2.69. The maximum Gasteiger partial charge on any atom is 0.329 e. The van der Waals surface area contributed by atoms with Gasteiger partial charge in [0.1, 0.15) is 5.54 Å². The van der Waals surface area contributed by atoms with Crippen LogP contribution in [0.2, 0.25) is 10.0 Å². The Morgan fingerprint density at radius 1 is 1.26 bits per heavy atom. The van der Waals surface area contributed by atoms with Crippen molar-refractivity contribution in [2.24, 2.45) is 0 Å². The monoisotopic (exact) mass is 304 g/mol. The average molecular weight is 305 g/mol. The number of carbonyl (C=O) groups excluding carboxylic acids is 1. The van der Waals surface area contributed by atoms with Gasteiger partial charge in [-0.3, -0.25) is 0 Å². The van der Waals surface area contributed by atoms with Gasteiger partial charge in [0.25, 0.3) is 0 Å². The van der Waals surface area contributed by atoms with Crippen LogP contribution in [0, 0.1) is 0 Å². The minimum atomic E-state index is -1.33. The molecular formula is C12H14Cl2N2O3. The summed E-state index contributed by atoms with van der Waals surface area (Å²) in [6.45, 7) is 3.10. The number of carbonyl (C=O) groups is 2. The number of urea groups is 1. The van der Waals surface area contributed by atoms with E-state index >= 15 is 0 Å². The Kier molecular flexibility index (Phi) is 5.03. The summed E-state index contributed by atoms with van der Waals surface area (Å²) >= 11 is 11.6. The highest BCUT2D eigenvalue weighted by Gasteiger charge is 2.32. The molecule has 1 unspecified atom stereocenters. The summed E-state index contributed by atoms with van der Waals surface area (Å²) in [5.41, 5.74) is -0.939. The van der Waals surface area contributed by atoms with E-state index in [9.17, 15) is 9.59 Å². The summed E-state index contributed by atoms with van der Waals surface area (Å²) in [7, 11) is 0. The van der Waals surface area contributed by atoms with Crippen LogP contribution in [0.15, 0.2) is 18.2 Å². The van der Waals surface area contributed by atoms with Gasteiger partial charge in [-0.2, -0.15) is 0 Å². The zero-order valence-corrected chi connectivity index (χ0v) is 12.0. The maximum absolute atomic E-state index is 11.7. The topological polar surface area (TPSA) is 78.4 Å². The molecule has 1 atom stereocenters. The van der Waals surface area contributed by atoms with E-state index in [-0.39, 0.29) is 6.42 Å². The van der Waals surface area contributed by atoms with Crippen molar-refractivity contribution in [1.29, 1.82) is 0 Å².